The fourth-order valence-electron chi connectivity index (χ4n) is 1.99. The molecule has 0 aromatic heterocycles. The van der Waals surface area contributed by atoms with E-state index in [2.05, 4.69) is 18.3 Å². The van der Waals surface area contributed by atoms with Crippen molar-refractivity contribution in [2.45, 2.75) is 26.5 Å². The molecule has 0 aliphatic heterocycles. The van der Waals surface area contributed by atoms with Crippen LogP contribution in [0.3, 0.4) is 0 Å². The number of rotatable bonds is 7. The van der Waals surface area contributed by atoms with E-state index in [1.807, 2.05) is 42.5 Å². The van der Waals surface area contributed by atoms with Crippen molar-refractivity contribution in [3.8, 4) is 11.5 Å². The van der Waals surface area contributed by atoms with E-state index in [0.29, 0.717) is 5.75 Å². The maximum atomic E-state index is 9.30. The quantitative estimate of drug-likeness (QED) is 0.758. The van der Waals surface area contributed by atoms with Gasteiger partial charge >= 0.3 is 0 Å². The van der Waals surface area contributed by atoms with Crippen molar-refractivity contribution >= 4 is 0 Å². The molecule has 2 N–H and O–H groups in total. The van der Waals surface area contributed by atoms with Gasteiger partial charge in [-0.3, -0.25) is 0 Å². The van der Waals surface area contributed by atoms with Gasteiger partial charge in [-0.15, -0.1) is 0 Å². The Morgan fingerprint density at radius 3 is 2.75 bits per heavy atom. The molecule has 0 saturated carbocycles. The summed E-state index contributed by atoms with van der Waals surface area (Å²) < 4.78 is 5.86. The molecular weight excluding hydrogens is 250 g/mol. The fourth-order valence-corrected chi connectivity index (χ4v) is 1.99. The molecule has 0 spiro atoms. The summed E-state index contributed by atoms with van der Waals surface area (Å²) in [6, 6.07) is 15.5. The van der Waals surface area contributed by atoms with Crippen LogP contribution in [-0.4, -0.2) is 11.7 Å². The van der Waals surface area contributed by atoms with Crippen LogP contribution in [0, 0.1) is 0 Å². The Labute approximate surface area is 120 Å². The van der Waals surface area contributed by atoms with E-state index in [4.69, 9.17) is 4.74 Å². The van der Waals surface area contributed by atoms with Crippen molar-refractivity contribution < 1.29 is 9.84 Å². The first kappa shape index (κ1) is 14.6. The molecule has 0 amide bonds. The summed E-state index contributed by atoms with van der Waals surface area (Å²) in [6.07, 6.45) is 1.13. The maximum absolute atomic E-state index is 9.30. The molecule has 0 fully saturated rings. The van der Waals surface area contributed by atoms with E-state index in [1.165, 1.54) is 5.56 Å². The lowest BCUT2D eigenvalue weighted by Gasteiger charge is -2.11. The van der Waals surface area contributed by atoms with Crippen molar-refractivity contribution in [1.82, 2.24) is 5.32 Å². The summed E-state index contributed by atoms with van der Waals surface area (Å²) in [5, 5.41) is 12.7. The van der Waals surface area contributed by atoms with Gasteiger partial charge in [0.25, 0.3) is 0 Å². The molecule has 0 atom stereocenters. The molecule has 106 valence electrons. The SMILES string of the molecule is CCCNCc1cccc(Oc2ccccc2CO)c1. The predicted octanol–water partition coefficient (Wildman–Crippen LogP) is 3.47. The van der Waals surface area contributed by atoms with Crippen LogP contribution >= 0.6 is 0 Å². The maximum Gasteiger partial charge on any atom is 0.132 e. The van der Waals surface area contributed by atoms with Crippen LogP contribution in [0.5, 0.6) is 11.5 Å². The third-order valence-corrected chi connectivity index (χ3v) is 3.03. The lowest BCUT2D eigenvalue weighted by Crippen LogP contribution is -2.13. The summed E-state index contributed by atoms with van der Waals surface area (Å²) in [5.41, 5.74) is 1.99. The van der Waals surface area contributed by atoms with Gasteiger partial charge in [-0.2, -0.15) is 0 Å². The van der Waals surface area contributed by atoms with Crippen molar-refractivity contribution in [2.75, 3.05) is 6.54 Å². The largest absolute Gasteiger partial charge is 0.457 e. The third-order valence-electron chi connectivity index (χ3n) is 3.03. The number of nitrogens with one attached hydrogen (secondary N) is 1. The Balaban J connectivity index is 2.07. The highest BCUT2D eigenvalue weighted by Gasteiger charge is 2.03. The summed E-state index contributed by atoms with van der Waals surface area (Å²) in [6.45, 7) is 3.98. The van der Waals surface area contributed by atoms with Gasteiger partial charge in [-0.25, -0.2) is 0 Å². The van der Waals surface area contributed by atoms with Crippen LogP contribution in [0.15, 0.2) is 48.5 Å². The van der Waals surface area contributed by atoms with E-state index < -0.39 is 0 Å². The first-order valence-electron chi connectivity index (χ1n) is 6.99. The topological polar surface area (TPSA) is 41.5 Å². The number of benzene rings is 2. The highest BCUT2D eigenvalue weighted by atomic mass is 16.5. The Bertz CT molecular complexity index is 540. The van der Waals surface area contributed by atoms with Crippen LogP contribution < -0.4 is 10.1 Å². The molecule has 0 saturated heterocycles. The van der Waals surface area contributed by atoms with Crippen LogP contribution in [0.25, 0.3) is 0 Å². The first-order chi connectivity index (χ1) is 9.83. The molecule has 2 aromatic carbocycles. The minimum atomic E-state index is -0.0199. The third kappa shape index (κ3) is 4.08. The lowest BCUT2D eigenvalue weighted by molar-refractivity contribution is 0.276. The average molecular weight is 271 g/mol. The highest BCUT2D eigenvalue weighted by molar-refractivity contribution is 5.38. The average Bonchev–Trinajstić information content (AvgIpc) is 2.48. The van der Waals surface area contributed by atoms with E-state index in [-0.39, 0.29) is 6.61 Å². The number of hydrogen-bond donors (Lipinski definition) is 2. The van der Waals surface area contributed by atoms with Gasteiger partial charge in [0, 0.05) is 12.1 Å². The van der Waals surface area contributed by atoms with Crippen molar-refractivity contribution in [3.05, 3.63) is 59.7 Å². The molecular formula is C17H21NO2. The van der Waals surface area contributed by atoms with Gasteiger partial charge in [0.1, 0.15) is 11.5 Å². The number of para-hydroxylation sites is 1. The van der Waals surface area contributed by atoms with E-state index in [0.717, 1.165) is 30.8 Å². The van der Waals surface area contributed by atoms with Crippen LogP contribution in [0.1, 0.15) is 24.5 Å². The van der Waals surface area contributed by atoms with Crippen LogP contribution in [0.4, 0.5) is 0 Å². The van der Waals surface area contributed by atoms with Crippen molar-refractivity contribution in [1.29, 1.82) is 0 Å². The molecule has 0 aliphatic rings. The van der Waals surface area contributed by atoms with E-state index in [9.17, 15) is 5.11 Å². The van der Waals surface area contributed by atoms with Gasteiger partial charge in [0.15, 0.2) is 0 Å². The van der Waals surface area contributed by atoms with Crippen molar-refractivity contribution in [2.24, 2.45) is 0 Å². The van der Waals surface area contributed by atoms with Crippen LogP contribution in [0.2, 0.25) is 0 Å². The Kier molecular flexibility index (Phi) is 5.59. The van der Waals surface area contributed by atoms with Gasteiger partial charge in [0.05, 0.1) is 6.61 Å². The summed E-state index contributed by atoms with van der Waals surface area (Å²) >= 11 is 0. The van der Waals surface area contributed by atoms with Gasteiger partial charge in [0.2, 0.25) is 0 Å². The van der Waals surface area contributed by atoms with Crippen LogP contribution in [-0.2, 0) is 13.2 Å². The summed E-state index contributed by atoms with van der Waals surface area (Å²) in [4.78, 5) is 0. The second-order valence-corrected chi connectivity index (χ2v) is 4.69. The van der Waals surface area contributed by atoms with Gasteiger partial charge in [-0.05, 0) is 36.7 Å². The Morgan fingerprint density at radius 2 is 1.95 bits per heavy atom. The lowest BCUT2D eigenvalue weighted by atomic mass is 10.2. The molecule has 0 bridgehead atoms. The number of ether oxygens (including phenoxy) is 1. The fraction of sp³-hybridized carbons (Fsp3) is 0.294. The molecule has 0 unspecified atom stereocenters. The molecule has 2 rings (SSSR count). The standard InChI is InChI=1S/C17H21NO2/c1-2-10-18-12-14-6-5-8-16(11-14)20-17-9-4-3-7-15(17)13-19/h3-9,11,18-19H,2,10,12-13H2,1H3. The number of aliphatic hydroxyl groups excluding tert-OH is 1. The van der Waals surface area contributed by atoms with E-state index in [1.54, 1.807) is 0 Å². The zero-order valence-electron chi connectivity index (χ0n) is 11.8. The summed E-state index contributed by atoms with van der Waals surface area (Å²) in [7, 11) is 0. The number of aliphatic hydroxyl groups is 1. The zero-order valence-corrected chi connectivity index (χ0v) is 11.8. The highest BCUT2D eigenvalue weighted by Crippen LogP contribution is 2.25. The molecule has 0 aliphatic carbocycles. The minimum Gasteiger partial charge on any atom is -0.457 e. The Morgan fingerprint density at radius 1 is 1.10 bits per heavy atom. The zero-order chi connectivity index (χ0) is 14.2. The molecule has 0 radical (unpaired) electrons. The first-order valence-corrected chi connectivity index (χ1v) is 6.99. The Hall–Kier alpha value is -1.84. The predicted molar refractivity (Wildman–Crippen MR) is 80.9 cm³/mol. The molecule has 2 aromatic rings. The molecule has 0 heterocycles. The second kappa shape index (κ2) is 7.68. The molecule has 3 heteroatoms. The monoisotopic (exact) mass is 271 g/mol. The van der Waals surface area contributed by atoms with Gasteiger partial charge in [-0.1, -0.05) is 37.3 Å². The van der Waals surface area contributed by atoms with Gasteiger partial charge < -0.3 is 15.2 Å². The summed E-state index contributed by atoms with van der Waals surface area (Å²) in [5.74, 6) is 1.50. The van der Waals surface area contributed by atoms with E-state index >= 15 is 0 Å². The minimum absolute atomic E-state index is 0.0199. The molecule has 3 nitrogen and oxygen atoms in total. The van der Waals surface area contributed by atoms with Crippen molar-refractivity contribution in [3.63, 3.8) is 0 Å². The number of hydrogen-bond acceptors (Lipinski definition) is 3. The second-order valence-electron chi connectivity index (χ2n) is 4.69. The smallest absolute Gasteiger partial charge is 0.132 e. The normalized spacial score (nSPS) is 10.5. The molecule has 20 heavy (non-hydrogen) atoms.